The zero-order valence-corrected chi connectivity index (χ0v) is 13.4. The van der Waals surface area contributed by atoms with Crippen molar-refractivity contribution in [3.63, 3.8) is 0 Å². The molecular weight excluding hydrogens is 336 g/mol. The zero-order chi connectivity index (χ0) is 14.5. The van der Waals surface area contributed by atoms with Crippen LogP contribution in [0.1, 0.15) is 30.5 Å². The van der Waals surface area contributed by atoms with Crippen molar-refractivity contribution in [2.24, 2.45) is 0 Å². The monoisotopic (exact) mass is 348 g/mol. The molecule has 0 aliphatic rings. The Morgan fingerprint density at radius 1 is 1.25 bits per heavy atom. The second-order valence-corrected chi connectivity index (χ2v) is 5.81. The molecule has 0 spiro atoms. The molecule has 4 heteroatoms. The second-order valence-electron chi connectivity index (χ2n) is 4.46. The highest BCUT2D eigenvalue weighted by Crippen LogP contribution is 2.28. The number of nitriles is 1. The van der Waals surface area contributed by atoms with Gasteiger partial charge in [0.1, 0.15) is 6.07 Å². The summed E-state index contributed by atoms with van der Waals surface area (Å²) in [5, 5.41) is 13.3. The molecule has 0 heterocycles. The molecule has 0 saturated heterocycles. The van der Waals surface area contributed by atoms with Gasteiger partial charge in [-0.15, -0.1) is 0 Å². The van der Waals surface area contributed by atoms with E-state index in [0.29, 0.717) is 5.56 Å². The Morgan fingerprint density at radius 3 is 2.55 bits per heavy atom. The third-order valence-corrected chi connectivity index (χ3v) is 3.86. The molecule has 1 N–H and O–H groups in total. The average molecular weight is 350 g/mol. The molecule has 2 aromatic carbocycles. The van der Waals surface area contributed by atoms with Gasteiger partial charge < -0.3 is 5.32 Å². The number of halogens is 2. The van der Waals surface area contributed by atoms with Crippen molar-refractivity contribution in [1.29, 1.82) is 5.26 Å². The van der Waals surface area contributed by atoms with Crippen molar-refractivity contribution >= 4 is 33.2 Å². The Hall–Kier alpha value is -1.50. The SMILES string of the molecule is CCC(Nc1cc(Br)ccc1C#N)c1ccc(Cl)cc1. The van der Waals surface area contributed by atoms with Crippen molar-refractivity contribution in [3.8, 4) is 6.07 Å². The Morgan fingerprint density at radius 2 is 1.95 bits per heavy atom. The van der Waals surface area contributed by atoms with Gasteiger partial charge in [0.05, 0.1) is 17.3 Å². The summed E-state index contributed by atoms with van der Waals surface area (Å²) in [6.07, 6.45) is 0.916. The maximum atomic E-state index is 9.18. The molecule has 0 amide bonds. The lowest BCUT2D eigenvalue weighted by atomic mass is 10.0. The number of nitrogens with one attached hydrogen (secondary N) is 1. The van der Waals surface area contributed by atoms with Crippen LogP contribution in [0.5, 0.6) is 0 Å². The van der Waals surface area contributed by atoms with Crippen LogP contribution in [0, 0.1) is 11.3 Å². The normalized spacial score (nSPS) is 11.7. The molecule has 2 nitrogen and oxygen atoms in total. The molecule has 20 heavy (non-hydrogen) atoms. The van der Waals surface area contributed by atoms with Gasteiger partial charge in [-0.3, -0.25) is 0 Å². The van der Waals surface area contributed by atoms with E-state index in [4.69, 9.17) is 11.6 Å². The summed E-state index contributed by atoms with van der Waals surface area (Å²) < 4.78 is 0.949. The predicted octanol–water partition coefficient (Wildman–Crippen LogP) is 5.54. The largest absolute Gasteiger partial charge is 0.377 e. The first-order valence-electron chi connectivity index (χ1n) is 6.35. The highest BCUT2D eigenvalue weighted by atomic mass is 79.9. The van der Waals surface area contributed by atoms with Gasteiger partial charge in [0, 0.05) is 9.50 Å². The highest BCUT2D eigenvalue weighted by molar-refractivity contribution is 9.10. The van der Waals surface area contributed by atoms with Crippen molar-refractivity contribution in [3.05, 3.63) is 63.1 Å². The molecule has 2 aromatic rings. The van der Waals surface area contributed by atoms with E-state index < -0.39 is 0 Å². The van der Waals surface area contributed by atoms with Crippen LogP contribution in [-0.4, -0.2) is 0 Å². The third-order valence-electron chi connectivity index (χ3n) is 3.11. The third kappa shape index (κ3) is 3.53. The molecule has 0 bridgehead atoms. The maximum absolute atomic E-state index is 9.18. The number of benzene rings is 2. The molecule has 0 radical (unpaired) electrons. The standard InChI is InChI=1S/C16H14BrClN2/c1-2-15(11-4-7-14(18)8-5-11)20-16-9-13(17)6-3-12(16)10-19/h3-9,15,20H,2H2,1H3. The van der Waals surface area contributed by atoms with Gasteiger partial charge in [0.2, 0.25) is 0 Å². The fourth-order valence-corrected chi connectivity index (χ4v) is 2.52. The molecule has 0 saturated carbocycles. The van der Waals surface area contributed by atoms with Crippen molar-refractivity contribution < 1.29 is 0 Å². The summed E-state index contributed by atoms with van der Waals surface area (Å²) in [6, 6.07) is 15.7. The molecule has 0 aliphatic carbocycles. The number of hydrogen-bond acceptors (Lipinski definition) is 2. The van der Waals surface area contributed by atoms with Gasteiger partial charge >= 0.3 is 0 Å². The Kier molecular flexibility index (Phi) is 5.05. The van der Waals surface area contributed by atoms with E-state index in [-0.39, 0.29) is 6.04 Å². The van der Waals surface area contributed by atoms with E-state index in [0.717, 1.165) is 27.2 Å². The van der Waals surface area contributed by atoms with Crippen molar-refractivity contribution in [1.82, 2.24) is 0 Å². The number of anilines is 1. The van der Waals surface area contributed by atoms with Gasteiger partial charge in [0.25, 0.3) is 0 Å². The smallest absolute Gasteiger partial charge is 0.101 e. The van der Waals surface area contributed by atoms with Gasteiger partial charge in [-0.2, -0.15) is 5.26 Å². The summed E-state index contributed by atoms with van der Waals surface area (Å²) in [4.78, 5) is 0. The van der Waals surface area contributed by atoms with Crippen molar-refractivity contribution in [2.45, 2.75) is 19.4 Å². The minimum Gasteiger partial charge on any atom is -0.377 e. The van der Waals surface area contributed by atoms with Gasteiger partial charge in [-0.05, 0) is 42.3 Å². The summed E-state index contributed by atoms with van der Waals surface area (Å²) in [6.45, 7) is 2.11. The minimum atomic E-state index is 0.147. The summed E-state index contributed by atoms with van der Waals surface area (Å²) in [5.74, 6) is 0. The van der Waals surface area contributed by atoms with Crippen molar-refractivity contribution in [2.75, 3.05) is 5.32 Å². The first-order chi connectivity index (χ1) is 9.63. The molecule has 0 fully saturated rings. The van der Waals surface area contributed by atoms with E-state index >= 15 is 0 Å². The highest BCUT2D eigenvalue weighted by Gasteiger charge is 2.11. The molecule has 102 valence electrons. The number of rotatable bonds is 4. The topological polar surface area (TPSA) is 35.8 Å². The summed E-state index contributed by atoms with van der Waals surface area (Å²) in [5.41, 5.74) is 2.63. The molecule has 1 unspecified atom stereocenters. The van der Waals surface area contributed by atoms with E-state index in [1.54, 1.807) is 6.07 Å². The summed E-state index contributed by atoms with van der Waals surface area (Å²) >= 11 is 9.35. The predicted molar refractivity (Wildman–Crippen MR) is 87.0 cm³/mol. The van der Waals surface area contributed by atoms with Crippen LogP contribution in [0.15, 0.2) is 46.9 Å². The molecular formula is C16H14BrClN2. The number of nitrogens with zero attached hydrogens (tertiary/aromatic N) is 1. The van der Waals surface area contributed by atoms with Crippen LogP contribution in [-0.2, 0) is 0 Å². The Bertz CT molecular complexity index is 632. The van der Waals surface area contributed by atoms with Gasteiger partial charge in [0.15, 0.2) is 0 Å². The minimum absolute atomic E-state index is 0.147. The van der Waals surface area contributed by atoms with Crippen LogP contribution in [0.2, 0.25) is 5.02 Å². The van der Waals surface area contributed by atoms with E-state index in [2.05, 4.69) is 34.2 Å². The van der Waals surface area contributed by atoms with E-state index in [1.165, 1.54) is 0 Å². The number of hydrogen-bond donors (Lipinski definition) is 1. The van der Waals surface area contributed by atoms with Gasteiger partial charge in [-0.25, -0.2) is 0 Å². The first-order valence-corrected chi connectivity index (χ1v) is 7.52. The molecule has 2 rings (SSSR count). The summed E-state index contributed by atoms with van der Waals surface area (Å²) in [7, 11) is 0. The Balaban J connectivity index is 2.29. The van der Waals surface area contributed by atoms with E-state index in [1.807, 2.05) is 36.4 Å². The quantitative estimate of drug-likeness (QED) is 0.787. The van der Waals surface area contributed by atoms with Crippen LogP contribution >= 0.6 is 27.5 Å². The second kappa shape index (κ2) is 6.78. The lowest BCUT2D eigenvalue weighted by Gasteiger charge is -2.20. The Labute approximate surface area is 132 Å². The first kappa shape index (κ1) is 14.9. The van der Waals surface area contributed by atoms with Crippen LogP contribution in [0.25, 0.3) is 0 Å². The van der Waals surface area contributed by atoms with Crippen LogP contribution in [0.3, 0.4) is 0 Å². The molecule has 1 atom stereocenters. The lowest BCUT2D eigenvalue weighted by Crippen LogP contribution is -2.10. The fraction of sp³-hybridized carbons (Fsp3) is 0.188. The van der Waals surface area contributed by atoms with Crippen LogP contribution < -0.4 is 5.32 Å². The average Bonchev–Trinajstić information content (AvgIpc) is 2.46. The maximum Gasteiger partial charge on any atom is 0.101 e. The molecule has 0 aliphatic heterocycles. The van der Waals surface area contributed by atoms with E-state index in [9.17, 15) is 5.26 Å². The van der Waals surface area contributed by atoms with Gasteiger partial charge in [-0.1, -0.05) is 46.6 Å². The lowest BCUT2D eigenvalue weighted by molar-refractivity contribution is 0.749. The fourth-order valence-electron chi connectivity index (χ4n) is 2.04. The zero-order valence-electron chi connectivity index (χ0n) is 11.0. The molecule has 0 aromatic heterocycles. The van der Waals surface area contributed by atoms with Crippen LogP contribution in [0.4, 0.5) is 5.69 Å².